The zero-order chi connectivity index (χ0) is 8.69. The molecule has 11 heavy (non-hydrogen) atoms. The number of aliphatic hydroxyl groups excluding tert-OH is 3. The summed E-state index contributed by atoms with van der Waals surface area (Å²) in [5.74, 6) is 0.00463. The quantitative estimate of drug-likeness (QED) is 0.382. The van der Waals surface area contributed by atoms with Crippen molar-refractivity contribution >= 4 is 0 Å². The lowest BCUT2D eigenvalue weighted by Crippen LogP contribution is -2.15. The summed E-state index contributed by atoms with van der Waals surface area (Å²) in [5, 5.41) is 34.2. The van der Waals surface area contributed by atoms with E-state index in [1.54, 1.807) is 0 Å². The summed E-state index contributed by atoms with van der Waals surface area (Å²) < 4.78 is 0. The van der Waals surface area contributed by atoms with E-state index in [1.165, 1.54) is 0 Å². The van der Waals surface area contributed by atoms with Gasteiger partial charge in [0, 0.05) is 19.6 Å². The molecule has 0 aliphatic heterocycles. The molecule has 0 bridgehead atoms. The van der Waals surface area contributed by atoms with Crippen LogP contribution >= 0.6 is 0 Å². The van der Waals surface area contributed by atoms with Gasteiger partial charge in [0.15, 0.2) is 6.29 Å². The first-order valence-corrected chi connectivity index (χ1v) is 3.78. The van der Waals surface area contributed by atoms with Gasteiger partial charge in [0.05, 0.1) is 0 Å². The maximum atomic E-state index is 8.57. The Bertz CT molecular complexity index is 78.5. The van der Waals surface area contributed by atoms with E-state index in [-0.39, 0.29) is 25.6 Å². The Balaban J connectivity index is 3.50. The number of rotatable bonds is 6. The first kappa shape index (κ1) is 10.8. The molecule has 0 saturated heterocycles. The molecule has 0 aliphatic carbocycles. The molecular formula is C7H16O4. The van der Waals surface area contributed by atoms with Gasteiger partial charge in [-0.1, -0.05) is 0 Å². The third-order valence-corrected chi connectivity index (χ3v) is 1.62. The van der Waals surface area contributed by atoms with E-state index in [0.29, 0.717) is 12.8 Å². The highest BCUT2D eigenvalue weighted by molar-refractivity contribution is 4.59. The second-order valence-corrected chi connectivity index (χ2v) is 2.61. The van der Waals surface area contributed by atoms with Gasteiger partial charge in [0.1, 0.15) is 0 Å². The van der Waals surface area contributed by atoms with Crippen LogP contribution in [0.1, 0.15) is 19.3 Å². The van der Waals surface area contributed by atoms with Gasteiger partial charge in [-0.05, 0) is 18.8 Å². The van der Waals surface area contributed by atoms with E-state index >= 15 is 0 Å². The Labute approximate surface area is 66.1 Å². The largest absolute Gasteiger partial charge is 0.396 e. The minimum atomic E-state index is -1.34. The maximum absolute atomic E-state index is 8.57. The van der Waals surface area contributed by atoms with Crippen molar-refractivity contribution in [2.45, 2.75) is 25.6 Å². The Kier molecular flexibility index (Phi) is 6.45. The first-order valence-electron chi connectivity index (χ1n) is 3.78. The van der Waals surface area contributed by atoms with Crippen LogP contribution in [0.5, 0.6) is 0 Å². The van der Waals surface area contributed by atoms with Crippen molar-refractivity contribution in [3.05, 3.63) is 0 Å². The third-order valence-electron chi connectivity index (χ3n) is 1.62. The molecule has 0 heterocycles. The molecule has 0 spiro atoms. The topological polar surface area (TPSA) is 80.9 Å². The Hall–Kier alpha value is -0.160. The molecule has 0 unspecified atom stereocenters. The van der Waals surface area contributed by atoms with Gasteiger partial charge < -0.3 is 20.4 Å². The molecule has 68 valence electrons. The molecule has 4 nitrogen and oxygen atoms in total. The van der Waals surface area contributed by atoms with Gasteiger partial charge >= 0.3 is 0 Å². The summed E-state index contributed by atoms with van der Waals surface area (Å²) >= 11 is 0. The smallest absolute Gasteiger partial charge is 0.151 e. The molecule has 0 aromatic heterocycles. The minimum absolute atomic E-state index is 0.00463. The highest BCUT2D eigenvalue weighted by Crippen LogP contribution is 2.13. The molecule has 0 atom stereocenters. The molecule has 0 radical (unpaired) electrons. The van der Waals surface area contributed by atoms with Gasteiger partial charge in [-0.3, -0.25) is 0 Å². The summed E-state index contributed by atoms with van der Waals surface area (Å²) in [6.45, 7) is 0.0504. The van der Waals surface area contributed by atoms with Gasteiger partial charge in [0.2, 0.25) is 0 Å². The van der Waals surface area contributed by atoms with E-state index in [2.05, 4.69) is 0 Å². The van der Waals surface area contributed by atoms with Crippen molar-refractivity contribution in [2.75, 3.05) is 13.2 Å². The van der Waals surface area contributed by atoms with E-state index in [9.17, 15) is 0 Å². The molecule has 0 aromatic rings. The summed E-state index contributed by atoms with van der Waals surface area (Å²) in [4.78, 5) is 0. The molecule has 4 heteroatoms. The SMILES string of the molecule is OCCC(CCO)CC(O)O. The predicted molar refractivity (Wildman–Crippen MR) is 39.7 cm³/mol. The lowest BCUT2D eigenvalue weighted by Gasteiger charge is -2.14. The molecule has 0 rings (SSSR count). The standard InChI is InChI=1S/C7H16O4/c8-3-1-6(2-4-9)5-7(10)11/h6-11H,1-5H2. The fraction of sp³-hybridized carbons (Fsp3) is 1.00. The van der Waals surface area contributed by atoms with Crippen molar-refractivity contribution in [3.8, 4) is 0 Å². The summed E-state index contributed by atoms with van der Waals surface area (Å²) in [7, 11) is 0. The molecule has 0 saturated carbocycles. The van der Waals surface area contributed by atoms with Gasteiger partial charge in [-0.25, -0.2) is 0 Å². The minimum Gasteiger partial charge on any atom is -0.396 e. The highest BCUT2D eigenvalue weighted by atomic mass is 16.5. The Morgan fingerprint density at radius 3 is 1.64 bits per heavy atom. The van der Waals surface area contributed by atoms with Crippen molar-refractivity contribution in [1.82, 2.24) is 0 Å². The van der Waals surface area contributed by atoms with Gasteiger partial charge in [-0.15, -0.1) is 0 Å². The lowest BCUT2D eigenvalue weighted by atomic mass is 9.98. The maximum Gasteiger partial charge on any atom is 0.151 e. The molecule has 0 aromatic carbocycles. The zero-order valence-corrected chi connectivity index (χ0v) is 6.48. The Morgan fingerprint density at radius 1 is 0.909 bits per heavy atom. The second kappa shape index (κ2) is 6.54. The Morgan fingerprint density at radius 2 is 1.36 bits per heavy atom. The van der Waals surface area contributed by atoms with Crippen LogP contribution in [-0.4, -0.2) is 39.9 Å². The van der Waals surface area contributed by atoms with Crippen LogP contribution in [-0.2, 0) is 0 Å². The van der Waals surface area contributed by atoms with Crippen molar-refractivity contribution in [3.63, 3.8) is 0 Å². The second-order valence-electron chi connectivity index (χ2n) is 2.61. The lowest BCUT2D eigenvalue weighted by molar-refractivity contribution is -0.0592. The van der Waals surface area contributed by atoms with E-state index in [0.717, 1.165) is 0 Å². The van der Waals surface area contributed by atoms with Crippen molar-refractivity contribution in [1.29, 1.82) is 0 Å². The summed E-state index contributed by atoms with van der Waals surface area (Å²) in [6, 6.07) is 0. The van der Waals surface area contributed by atoms with Crippen molar-refractivity contribution in [2.24, 2.45) is 5.92 Å². The van der Waals surface area contributed by atoms with E-state index < -0.39 is 6.29 Å². The van der Waals surface area contributed by atoms with Crippen molar-refractivity contribution < 1.29 is 20.4 Å². The average molecular weight is 164 g/mol. The monoisotopic (exact) mass is 164 g/mol. The fourth-order valence-electron chi connectivity index (χ4n) is 1.04. The predicted octanol–water partition coefficient (Wildman–Crippen LogP) is -0.932. The summed E-state index contributed by atoms with van der Waals surface area (Å²) in [5.41, 5.74) is 0. The first-order chi connectivity index (χ1) is 5.20. The van der Waals surface area contributed by atoms with Crippen LogP contribution in [0.25, 0.3) is 0 Å². The third kappa shape index (κ3) is 6.25. The fourth-order valence-corrected chi connectivity index (χ4v) is 1.04. The molecule has 0 amide bonds. The van der Waals surface area contributed by atoms with Crippen LogP contribution < -0.4 is 0 Å². The van der Waals surface area contributed by atoms with Gasteiger partial charge in [0.25, 0.3) is 0 Å². The average Bonchev–Trinajstić information content (AvgIpc) is 1.87. The molecule has 0 aliphatic rings. The van der Waals surface area contributed by atoms with Crippen LogP contribution in [0, 0.1) is 5.92 Å². The zero-order valence-electron chi connectivity index (χ0n) is 6.48. The van der Waals surface area contributed by atoms with E-state index in [1.807, 2.05) is 0 Å². The van der Waals surface area contributed by atoms with Crippen LogP contribution in [0.2, 0.25) is 0 Å². The summed E-state index contributed by atoms with van der Waals surface area (Å²) in [6.07, 6.45) is -0.0876. The van der Waals surface area contributed by atoms with Crippen LogP contribution in [0.15, 0.2) is 0 Å². The molecule has 4 N–H and O–H groups in total. The number of aliphatic hydroxyl groups is 4. The molecular weight excluding hydrogens is 148 g/mol. The van der Waals surface area contributed by atoms with Crippen LogP contribution in [0.3, 0.4) is 0 Å². The van der Waals surface area contributed by atoms with E-state index in [4.69, 9.17) is 20.4 Å². The molecule has 0 fully saturated rings. The normalized spacial score (nSPS) is 11.5. The highest BCUT2D eigenvalue weighted by Gasteiger charge is 2.11. The van der Waals surface area contributed by atoms with Crippen LogP contribution in [0.4, 0.5) is 0 Å². The number of hydrogen-bond donors (Lipinski definition) is 4. The number of hydrogen-bond acceptors (Lipinski definition) is 4. The van der Waals surface area contributed by atoms with Gasteiger partial charge in [-0.2, -0.15) is 0 Å².